The highest BCUT2D eigenvalue weighted by atomic mass is 16.6. The monoisotopic (exact) mass is 488 g/mol. The van der Waals surface area contributed by atoms with Gasteiger partial charge in [-0.2, -0.15) is 0 Å². The number of hydrogen-bond acceptors (Lipinski definition) is 8. The number of ether oxygens (including phenoxy) is 4. The molecule has 0 aliphatic heterocycles. The van der Waals surface area contributed by atoms with E-state index in [1.54, 1.807) is 37.3 Å². The molecular weight excluding hydrogens is 464 g/mol. The minimum atomic E-state index is -0.784. The summed E-state index contributed by atoms with van der Waals surface area (Å²) in [6.07, 6.45) is 0. The SMILES string of the molecule is CCOC(=O)c1oc2cc(OCC(=O)OCc3ccccc3)ccc2c(=O)c1-c1ccccc1OC. The topological polar surface area (TPSA) is 101 Å². The van der Waals surface area contributed by atoms with Crippen molar-refractivity contribution in [1.82, 2.24) is 0 Å². The molecule has 0 fully saturated rings. The number of fused-ring (bicyclic) bond motifs is 1. The Hall–Kier alpha value is -4.59. The molecule has 0 radical (unpaired) electrons. The van der Waals surface area contributed by atoms with E-state index in [0.29, 0.717) is 11.3 Å². The largest absolute Gasteiger partial charge is 0.496 e. The van der Waals surface area contributed by atoms with Gasteiger partial charge < -0.3 is 23.4 Å². The summed E-state index contributed by atoms with van der Waals surface area (Å²) in [5.41, 5.74) is 0.974. The Balaban J connectivity index is 1.63. The van der Waals surface area contributed by atoms with Gasteiger partial charge in [0.25, 0.3) is 0 Å². The van der Waals surface area contributed by atoms with Crippen molar-refractivity contribution in [3.8, 4) is 22.6 Å². The number of benzene rings is 3. The van der Waals surface area contributed by atoms with Crippen molar-refractivity contribution in [2.75, 3.05) is 20.3 Å². The van der Waals surface area contributed by atoms with Crippen molar-refractivity contribution in [3.05, 3.63) is 94.3 Å². The molecule has 1 heterocycles. The number of rotatable bonds is 9. The van der Waals surface area contributed by atoms with Crippen LogP contribution in [-0.4, -0.2) is 32.3 Å². The fourth-order valence-corrected chi connectivity index (χ4v) is 3.62. The molecule has 1 aromatic heterocycles. The normalized spacial score (nSPS) is 10.6. The molecule has 0 bridgehead atoms. The third-order valence-corrected chi connectivity index (χ3v) is 5.30. The molecule has 36 heavy (non-hydrogen) atoms. The highest BCUT2D eigenvalue weighted by Gasteiger charge is 2.25. The van der Waals surface area contributed by atoms with E-state index in [9.17, 15) is 14.4 Å². The Bertz CT molecular complexity index is 1440. The molecule has 0 amide bonds. The van der Waals surface area contributed by atoms with E-state index in [2.05, 4.69) is 0 Å². The van der Waals surface area contributed by atoms with Gasteiger partial charge in [-0.25, -0.2) is 9.59 Å². The maximum Gasteiger partial charge on any atom is 0.375 e. The first-order valence-electron chi connectivity index (χ1n) is 11.3. The van der Waals surface area contributed by atoms with E-state index in [4.69, 9.17) is 23.4 Å². The first-order valence-corrected chi connectivity index (χ1v) is 11.3. The maximum atomic E-state index is 13.5. The quantitative estimate of drug-likeness (QED) is 0.311. The Labute approximate surface area is 207 Å². The minimum Gasteiger partial charge on any atom is -0.496 e. The number of esters is 2. The van der Waals surface area contributed by atoms with Crippen molar-refractivity contribution in [2.24, 2.45) is 0 Å². The van der Waals surface area contributed by atoms with E-state index in [0.717, 1.165) is 5.56 Å². The maximum absolute atomic E-state index is 13.5. The molecule has 0 aliphatic rings. The van der Waals surface area contributed by atoms with Gasteiger partial charge in [-0.05, 0) is 30.7 Å². The first kappa shape index (κ1) is 24.5. The van der Waals surface area contributed by atoms with Gasteiger partial charge in [-0.3, -0.25) is 4.79 Å². The molecule has 0 spiro atoms. The van der Waals surface area contributed by atoms with Crippen LogP contribution < -0.4 is 14.9 Å². The molecule has 8 nitrogen and oxygen atoms in total. The molecule has 0 saturated carbocycles. The van der Waals surface area contributed by atoms with E-state index < -0.39 is 17.4 Å². The average Bonchev–Trinajstić information content (AvgIpc) is 2.91. The molecule has 0 atom stereocenters. The van der Waals surface area contributed by atoms with Crippen LogP contribution in [0.2, 0.25) is 0 Å². The summed E-state index contributed by atoms with van der Waals surface area (Å²) in [7, 11) is 1.47. The smallest absolute Gasteiger partial charge is 0.375 e. The van der Waals surface area contributed by atoms with Gasteiger partial charge in [-0.1, -0.05) is 48.5 Å². The lowest BCUT2D eigenvalue weighted by molar-refractivity contribution is -0.147. The molecule has 0 N–H and O–H groups in total. The molecule has 0 unspecified atom stereocenters. The molecule has 4 aromatic rings. The number of carbonyl (C=O) groups excluding carboxylic acids is 2. The van der Waals surface area contributed by atoms with Crippen LogP contribution in [-0.2, 0) is 20.9 Å². The summed E-state index contributed by atoms with van der Waals surface area (Å²) in [5.74, 6) is -0.920. The number of carbonyl (C=O) groups is 2. The van der Waals surface area contributed by atoms with Crippen LogP contribution in [0.25, 0.3) is 22.1 Å². The molecule has 4 rings (SSSR count). The lowest BCUT2D eigenvalue weighted by Crippen LogP contribution is -2.16. The van der Waals surface area contributed by atoms with Crippen LogP contribution in [0, 0.1) is 0 Å². The van der Waals surface area contributed by atoms with Crippen LogP contribution in [0.3, 0.4) is 0 Å². The van der Waals surface area contributed by atoms with Crippen molar-refractivity contribution in [2.45, 2.75) is 13.5 Å². The lowest BCUT2D eigenvalue weighted by atomic mass is 10.0. The van der Waals surface area contributed by atoms with E-state index >= 15 is 0 Å². The molecular formula is C28H24O8. The second-order valence-electron chi connectivity index (χ2n) is 7.65. The van der Waals surface area contributed by atoms with Crippen molar-refractivity contribution in [1.29, 1.82) is 0 Å². The van der Waals surface area contributed by atoms with Gasteiger partial charge in [-0.15, -0.1) is 0 Å². The average molecular weight is 488 g/mol. The Morgan fingerprint density at radius 2 is 1.67 bits per heavy atom. The van der Waals surface area contributed by atoms with Crippen molar-refractivity contribution in [3.63, 3.8) is 0 Å². The molecule has 3 aromatic carbocycles. The van der Waals surface area contributed by atoms with E-state index in [1.165, 1.54) is 19.2 Å². The first-order chi connectivity index (χ1) is 17.5. The van der Waals surface area contributed by atoms with Gasteiger partial charge in [0.05, 0.1) is 24.7 Å². The molecule has 184 valence electrons. The zero-order valence-electron chi connectivity index (χ0n) is 19.8. The molecule has 8 heteroatoms. The van der Waals surface area contributed by atoms with Crippen molar-refractivity contribution < 1.29 is 33.0 Å². The van der Waals surface area contributed by atoms with E-state index in [1.807, 2.05) is 30.3 Å². The van der Waals surface area contributed by atoms with Crippen LogP contribution >= 0.6 is 0 Å². The minimum absolute atomic E-state index is 0.0385. The van der Waals surface area contributed by atoms with Crippen LogP contribution in [0.15, 0.2) is 82.0 Å². The van der Waals surface area contributed by atoms with Crippen LogP contribution in [0.5, 0.6) is 11.5 Å². The predicted molar refractivity (Wildman–Crippen MR) is 132 cm³/mol. The highest BCUT2D eigenvalue weighted by Crippen LogP contribution is 2.33. The summed E-state index contributed by atoms with van der Waals surface area (Å²) in [6.45, 7) is 1.54. The summed E-state index contributed by atoms with van der Waals surface area (Å²) in [4.78, 5) is 38.3. The van der Waals surface area contributed by atoms with E-state index in [-0.39, 0.29) is 47.9 Å². The van der Waals surface area contributed by atoms with Crippen LogP contribution in [0.1, 0.15) is 23.0 Å². The third kappa shape index (κ3) is 5.38. The molecule has 0 saturated heterocycles. The van der Waals surface area contributed by atoms with Gasteiger partial charge in [0.1, 0.15) is 23.7 Å². The zero-order valence-corrected chi connectivity index (χ0v) is 19.8. The Kier molecular flexibility index (Phi) is 7.65. The number of para-hydroxylation sites is 1. The second kappa shape index (κ2) is 11.2. The van der Waals surface area contributed by atoms with Crippen molar-refractivity contribution >= 4 is 22.9 Å². The summed E-state index contributed by atoms with van der Waals surface area (Å²) in [5, 5.41) is 0.225. The highest BCUT2D eigenvalue weighted by molar-refractivity contribution is 5.98. The number of methoxy groups -OCH3 is 1. The lowest BCUT2D eigenvalue weighted by Gasteiger charge is -2.13. The Morgan fingerprint density at radius 1 is 0.917 bits per heavy atom. The second-order valence-corrected chi connectivity index (χ2v) is 7.65. The predicted octanol–water partition coefficient (Wildman–Crippen LogP) is 4.77. The number of hydrogen-bond donors (Lipinski definition) is 0. The summed E-state index contributed by atoms with van der Waals surface area (Å²) < 4.78 is 27.1. The molecule has 0 aliphatic carbocycles. The van der Waals surface area contributed by atoms with Gasteiger partial charge in [0, 0.05) is 11.6 Å². The van der Waals surface area contributed by atoms with Gasteiger partial charge >= 0.3 is 11.9 Å². The fraction of sp³-hybridized carbons (Fsp3) is 0.179. The van der Waals surface area contributed by atoms with Crippen LogP contribution in [0.4, 0.5) is 0 Å². The van der Waals surface area contributed by atoms with Gasteiger partial charge in [0.2, 0.25) is 11.2 Å². The summed E-state index contributed by atoms with van der Waals surface area (Å²) >= 11 is 0. The fourth-order valence-electron chi connectivity index (χ4n) is 3.62. The zero-order chi connectivity index (χ0) is 25.5. The standard InChI is InChI=1S/C28H24O8/c1-3-33-28(31)27-25(20-11-7-8-12-22(20)32-2)26(30)21-14-13-19(15-23(21)36-27)34-17-24(29)35-16-18-9-5-4-6-10-18/h4-15H,3,16-17H2,1-2H3. The van der Waals surface area contributed by atoms with Gasteiger partial charge in [0.15, 0.2) is 6.61 Å². The third-order valence-electron chi connectivity index (χ3n) is 5.30. The summed E-state index contributed by atoms with van der Waals surface area (Å²) in [6, 6.07) is 20.6. The Morgan fingerprint density at radius 3 is 2.42 bits per heavy atom.